The van der Waals surface area contributed by atoms with Crippen molar-refractivity contribution in [3.63, 3.8) is 0 Å². The van der Waals surface area contributed by atoms with Crippen LogP contribution < -0.4 is 5.73 Å². The molecule has 0 aliphatic rings. The van der Waals surface area contributed by atoms with Gasteiger partial charge in [-0.25, -0.2) is 0 Å². The smallest absolute Gasteiger partial charge is 0.0713 e. The van der Waals surface area contributed by atoms with Crippen LogP contribution in [-0.2, 0) is 0 Å². The number of aliphatic hydroxyl groups excluding tert-OH is 2. The van der Waals surface area contributed by atoms with E-state index in [4.69, 9.17) is 15.9 Å². The second-order valence-corrected chi connectivity index (χ2v) is 2.29. The molecule has 0 aliphatic heterocycles. The molecule has 0 rings (SSSR count). The maximum atomic E-state index is 9.01. The fraction of sp³-hybridized carbons (Fsp3) is 1.00. The summed E-state index contributed by atoms with van der Waals surface area (Å²) in [4.78, 5) is 0. The third kappa shape index (κ3) is 6.28. The first-order valence-corrected chi connectivity index (χ1v) is 4.21. The average Bonchev–Trinajstić information content (AvgIpc) is 2.05. The number of hydrogen-bond donors (Lipinski definition) is 3. The lowest BCUT2D eigenvalue weighted by molar-refractivity contribution is 0.0632. The molecular weight excluding hydrogens is 142 g/mol. The fourth-order valence-corrected chi connectivity index (χ4v) is 0.594. The lowest BCUT2D eigenvalue weighted by atomic mass is 10.1. The summed E-state index contributed by atoms with van der Waals surface area (Å²) in [5.74, 6) is 0. The first-order chi connectivity index (χ1) is 5.09. The minimum Gasteiger partial charge on any atom is -0.392 e. The number of nitrogens with two attached hydrogens (primary N) is 1. The Bertz CT molecular complexity index is 76.5. The van der Waals surface area contributed by atoms with Crippen LogP contribution in [0.2, 0.25) is 0 Å². The summed E-state index contributed by atoms with van der Waals surface area (Å²) < 4.78 is 0. The normalized spacial score (nSPS) is 17.7. The summed E-state index contributed by atoms with van der Waals surface area (Å²) in [5, 5.41) is 17.8. The molecule has 3 heteroatoms. The molecule has 0 amide bonds. The Morgan fingerprint density at radius 1 is 1.27 bits per heavy atom. The first-order valence-electron chi connectivity index (χ1n) is 4.21. The molecule has 0 aliphatic carbocycles. The van der Waals surface area contributed by atoms with Gasteiger partial charge in [-0.15, -0.1) is 0 Å². The van der Waals surface area contributed by atoms with Gasteiger partial charge in [0.05, 0.1) is 18.2 Å². The van der Waals surface area contributed by atoms with Crippen LogP contribution in [0.25, 0.3) is 0 Å². The standard InChI is InChI=1S/C6H15NO2.C2H6/c1-3-5(9)6(7)4(2)8;1-2/h4-6,8-9H,3,7H2,1-2H3;1-2H3. The van der Waals surface area contributed by atoms with E-state index in [9.17, 15) is 0 Å². The van der Waals surface area contributed by atoms with E-state index in [0.29, 0.717) is 6.42 Å². The molecule has 0 bridgehead atoms. The minimum absolute atomic E-state index is 0.505. The molecule has 4 N–H and O–H groups in total. The van der Waals surface area contributed by atoms with Gasteiger partial charge >= 0.3 is 0 Å². The van der Waals surface area contributed by atoms with Crippen molar-refractivity contribution in [1.82, 2.24) is 0 Å². The molecule has 0 saturated carbocycles. The number of hydrogen-bond acceptors (Lipinski definition) is 3. The lowest BCUT2D eigenvalue weighted by Crippen LogP contribution is -2.42. The van der Waals surface area contributed by atoms with Crippen LogP contribution in [0.5, 0.6) is 0 Å². The first kappa shape index (κ1) is 13.5. The van der Waals surface area contributed by atoms with Gasteiger partial charge in [-0.1, -0.05) is 20.8 Å². The van der Waals surface area contributed by atoms with Crippen molar-refractivity contribution in [2.24, 2.45) is 5.73 Å². The molecule has 0 aromatic carbocycles. The fourth-order valence-electron chi connectivity index (χ4n) is 0.594. The highest BCUT2D eigenvalue weighted by molar-refractivity contribution is 4.74. The molecular formula is C8H21NO2. The number of aliphatic hydroxyl groups is 2. The summed E-state index contributed by atoms with van der Waals surface area (Å²) in [6, 6.07) is -0.505. The highest BCUT2D eigenvalue weighted by atomic mass is 16.3. The predicted molar refractivity (Wildman–Crippen MR) is 47.3 cm³/mol. The largest absolute Gasteiger partial charge is 0.392 e. The van der Waals surface area contributed by atoms with Crippen LogP contribution in [0.15, 0.2) is 0 Å². The zero-order chi connectivity index (χ0) is 9.44. The van der Waals surface area contributed by atoms with Crippen molar-refractivity contribution in [3.05, 3.63) is 0 Å². The van der Waals surface area contributed by atoms with Crippen molar-refractivity contribution >= 4 is 0 Å². The molecule has 70 valence electrons. The topological polar surface area (TPSA) is 66.5 Å². The zero-order valence-corrected chi connectivity index (χ0v) is 7.91. The summed E-state index contributed by atoms with van der Waals surface area (Å²) in [6.07, 6.45) is -0.614. The van der Waals surface area contributed by atoms with Gasteiger partial charge in [0.25, 0.3) is 0 Å². The second kappa shape index (κ2) is 7.98. The Labute approximate surface area is 69.2 Å². The highest BCUT2D eigenvalue weighted by Crippen LogP contribution is 1.99. The van der Waals surface area contributed by atoms with Gasteiger partial charge in [0, 0.05) is 0 Å². The summed E-state index contributed by atoms with van der Waals surface area (Å²) >= 11 is 0. The SMILES string of the molecule is CC.CCC(O)C(N)C(C)O. The van der Waals surface area contributed by atoms with Crippen molar-refractivity contribution in [1.29, 1.82) is 0 Å². The van der Waals surface area contributed by atoms with E-state index >= 15 is 0 Å². The van der Waals surface area contributed by atoms with Crippen LogP contribution in [-0.4, -0.2) is 28.5 Å². The summed E-state index contributed by atoms with van der Waals surface area (Å²) in [6.45, 7) is 7.40. The van der Waals surface area contributed by atoms with Crippen LogP contribution in [0.1, 0.15) is 34.1 Å². The zero-order valence-electron chi connectivity index (χ0n) is 7.91. The minimum atomic E-state index is -0.625. The molecule has 3 nitrogen and oxygen atoms in total. The Morgan fingerprint density at radius 2 is 1.64 bits per heavy atom. The molecule has 0 aromatic rings. The third-order valence-electron chi connectivity index (χ3n) is 1.42. The van der Waals surface area contributed by atoms with E-state index in [1.807, 2.05) is 20.8 Å². The van der Waals surface area contributed by atoms with Crippen molar-refractivity contribution in [2.45, 2.75) is 52.4 Å². The van der Waals surface area contributed by atoms with E-state index in [-0.39, 0.29) is 0 Å². The van der Waals surface area contributed by atoms with E-state index < -0.39 is 18.2 Å². The molecule has 0 fully saturated rings. The molecule has 0 heterocycles. The van der Waals surface area contributed by atoms with Gasteiger partial charge in [0.2, 0.25) is 0 Å². The van der Waals surface area contributed by atoms with Crippen molar-refractivity contribution < 1.29 is 10.2 Å². The lowest BCUT2D eigenvalue weighted by Gasteiger charge is -2.19. The van der Waals surface area contributed by atoms with Crippen LogP contribution in [0.3, 0.4) is 0 Å². The summed E-state index contributed by atoms with van der Waals surface area (Å²) in [5.41, 5.74) is 5.37. The maximum absolute atomic E-state index is 9.01. The molecule has 0 radical (unpaired) electrons. The van der Waals surface area contributed by atoms with E-state index in [0.717, 1.165) is 0 Å². The Balaban J connectivity index is 0. The van der Waals surface area contributed by atoms with Crippen LogP contribution >= 0.6 is 0 Å². The molecule has 3 unspecified atom stereocenters. The van der Waals surface area contributed by atoms with E-state index in [1.54, 1.807) is 6.92 Å². The molecule has 0 saturated heterocycles. The van der Waals surface area contributed by atoms with E-state index in [2.05, 4.69) is 0 Å². The highest BCUT2D eigenvalue weighted by Gasteiger charge is 2.16. The van der Waals surface area contributed by atoms with Crippen molar-refractivity contribution in [3.8, 4) is 0 Å². The van der Waals surface area contributed by atoms with Gasteiger partial charge in [0.1, 0.15) is 0 Å². The molecule has 0 spiro atoms. The Morgan fingerprint density at radius 3 is 1.73 bits per heavy atom. The average molecular weight is 163 g/mol. The maximum Gasteiger partial charge on any atom is 0.0713 e. The predicted octanol–water partition coefficient (Wildman–Crippen LogP) is 0.492. The summed E-state index contributed by atoms with van der Waals surface area (Å²) in [7, 11) is 0. The molecule has 0 aromatic heterocycles. The van der Waals surface area contributed by atoms with Crippen LogP contribution in [0.4, 0.5) is 0 Å². The Hall–Kier alpha value is -0.120. The third-order valence-corrected chi connectivity index (χ3v) is 1.42. The molecule has 3 atom stereocenters. The van der Waals surface area contributed by atoms with Gasteiger partial charge in [-0.05, 0) is 13.3 Å². The second-order valence-electron chi connectivity index (χ2n) is 2.29. The van der Waals surface area contributed by atoms with Crippen LogP contribution in [0, 0.1) is 0 Å². The quantitative estimate of drug-likeness (QED) is 0.567. The van der Waals surface area contributed by atoms with E-state index in [1.165, 1.54) is 0 Å². The van der Waals surface area contributed by atoms with Gasteiger partial charge in [-0.2, -0.15) is 0 Å². The monoisotopic (exact) mass is 163 g/mol. The number of rotatable bonds is 3. The van der Waals surface area contributed by atoms with Gasteiger partial charge in [-0.3, -0.25) is 0 Å². The Kier molecular flexibility index (Phi) is 9.77. The van der Waals surface area contributed by atoms with Gasteiger partial charge < -0.3 is 15.9 Å². The molecule has 11 heavy (non-hydrogen) atoms. The van der Waals surface area contributed by atoms with Crippen molar-refractivity contribution in [2.75, 3.05) is 0 Å². The van der Waals surface area contributed by atoms with Gasteiger partial charge in [0.15, 0.2) is 0 Å².